The SMILES string of the molecule is COC(=O)c1cccc(-c2ccc(OC(F)(F)F)cc2)c1. The first-order chi connectivity index (χ1) is 9.89. The van der Waals surface area contributed by atoms with E-state index >= 15 is 0 Å². The fraction of sp³-hybridized carbons (Fsp3) is 0.133. The van der Waals surface area contributed by atoms with E-state index in [2.05, 4.69) is 9.47 Å². The molecule has 2 rings (SSSR count). The second kappa shape index (κ2) is 5.87. The van der Waals surface area contributed by atoms with Gasteiger partial charge in [0.25, 0.3) is 0 Å². The van der Waals surface area contributed by atoms with E-state index in [1.165, 1.54) is 31.4 Å². The molecule has 6 heteroatoms. The van der Waals surface area contributed by atoms with Gasteiger partial charge in [-0.25, -0.2) is 4.79 Å². The van der Waals surface area contributed by atoms with Crippen LogP contribution >= 0.6 is 0 Å². The summed E-state index contributed by atoms with van der Waals surface area (Å²) in [5, 5.41) is 0. The molecule has 0 spiro atoms. The third-order valence-corrected chi connectivity index (χ3v) is 2.70. The van der Waals surface area contributed by atoms with Crippen molar-refractivity contribution < 1.29 is 27.4 Å². The minimum atomic E-state index is -4.72. The number of carbonyl (C=O) groups is 1. The zero-order chi connectivity index (χ0) is 15.5. The average molecular weight is 296 g/mol. The van der Waals surface area contributed by atoms with Crippen LogP contribution in [-0.2, 0) is 4.74 Å². The van der Waals surface area contributed by atoms with Crippen molar-refractivity contribution in [2.24, 2.45) is 0 Å². The van der Waals surface area contributed by atoms with E-state index < -0.39 is 12.3 Å². The fourth-order valence-electron chi connectivity index (χ4n) is 1.79. The largest absolute Gasteiger partial charge is 0.573 e. The highest BCUT2D eigenvalue weighted by Crippen LogP contribution is 2.27. The predicted octanol–water partition coefficient (Wildman–Crippen LogP) is 4.04. The Bertz CT molecular complexity index is 633. The lowest BCUT2D eigenvalue weighted by molar-refractivity contribution is -0.274. The van der Waals surface area contributed by atoms with Gasteiger partial charge in [0.05, 0.1) is 12.7 Å². The van der Waals surface area contributed by atoms with Crippen molar-refractivity contribution in [2.75, 3.05) is 7.11 Å². The number of rotatable bonds is 3. The summed E-state index contributed by atoms with van der Waals surface area (Å²) in [6.07, 6.45) is -4.72. The number of methoxy groups -OCH3 is 1. The van der Waals surface area contributed by atoms with Gasteiger partial charge >= 0.3 is 12.3 Å². The molecule has 0 fully saturated rings. The Hall–Kier alpha value is -2.50. The van der Waals surface area contributed by atoms with Crippen molar-refractivity contribution in [3.05, 3.63) is 54.1 Å². The van der Waals surface area contributed by atoms with Crippen LogP contribution in [0.1, 0.15) is 10.4 Å². The molecule has 2 aromatic rings. The molecule has 0 unspecified atom stereocenters. The van der Waals surface area contributed by atoms with Gasteiger partial charge in [0.15, 0.2) is 0 Å². The summed E-state index contributed by atoms with van der Waals surface area (Å²) in [7, 11) is 1.28. The molecule has 0 amide bonds. The number of alkyl halides is 3. The predicted molar refractivity (Wildman–Crippen MR) is 69.9 cm³/mol. The molecule has 3 nitrogen and oxygen atoms in total. The van der Waals surface area contributed by atoms with Crippen LogP contribution in [0.2, 0.25) is 0 Å². The van der Waals surface area contributed by atoms with Crippen LogP contribution in [0, 0.1) is 0 Å². The molecule has 21 heavy (non-hydrogen) atoms. The lowest BCUT2D eigenvalue weighted by Gasteiger charge is -2.09. The Kier molecular flexibility index (Phi) is 4.16. The Labute approximate surface area is 118 Å². The topological polar surface area (TPSA) is 35.5 Å². The van der Waals surface area contributed by atoms with Gasteiger partial charge in [-0.05, 0) is 35.4 Å². The van der Waals surface area contributed by atoms with Crippen LogP contribution in [0.4, 0.5) is 13.2 Å². The minimum absolute atomic E-state index is 0.296. The summed E-state index contributed by atoms with van der Waals surface area (Å²) in [5.41, 5.74) is 1.72. The number of halogens is 3. The number of hydrogen-bond acceptors (Lipinski definition) is 3. The zero-order valence-corrected chi connectivity index (χ0v) is 11.0. The second-order valence-corrected chi connectivity index (χ2v) is 4.14. The third kappa shape index (κ3) is 3.98. The van der Waals surface area contributed by atoms with Gasteiger partial charge in [-0.1, -0.05) is 24.3 Å². The van der Waals surface area contributed by atoms with Gasteiger partial charge in [-0.2, -0.15) is 0 Å². The zero-order valence-electron chi connectivity index (χ0n) is 11.0. The quantitative estimate of drug-likeness (QED) is 0.802. The number of esters is 1. The number of benzene rings is 2. The maximum atomic E-state index is 12.1. The minimum Gasteiger partial charge on any atom is -0.465 e. The number of carbonyl (C=O) groups excluding carboxylic acids is 1. The Balaban J connectivity index is 2.25. The van der Waals surface area contributed by atoms with Crippen molar-refractivity contribution in [3.8, 4) is 16.9 Å². The maximum absolute atomic E-state index is 12.1. The smallest absolute Gasteiger partial charge is 0.465 e. The van der Waals surface area contributed by atoms with Crippen LogP contribution in [0.5, 0.6) is 5.75 Å². The first-order valence-electron chi connectivity index (χ1n) is 5.93. The van der Waals surface area contributed by atoms with Crippen LogP contribution < -0.4 is 4.74 Å². The monoisotopic (exact) mass is 296 g/mol. The molecule has 0 atom stereocenters. The first kappa shape index (κ1) is 14.9. The van der Waals surface area contributed by atoms with Gasteiger partial charge < -0.3 is 9.47 Å². The molecule has 0 saturated carbocycles. The van der Waals surface area contributed by atoms with Gasteiger partial charge in [0.1, 0.15) is 5.75 Å². The van der Waals surface area contributed by atoms with E-state index in [0.717, 1.165) is 0 Å². The normalized spacial score (nSPS) is 11.0. The van der Waals surface area contributed by atoms with Gasteiger partial charge in [-0.15, -0.1) is 13.2 Å². The molecule has 0 saturated heterocycles. The lowest BCUT2D eigenvalue weighted by Crippen LogP contribution is -2.16. The summed E-state index contributed by atoms with van der Waals surface area (Å²) >= 11 is 0. The van der Waals surface area contributed by atoms with Crippen molar-refractivity contribution in [2.45, 2.75) is 6.36 Å². The summed E-state index contributed by atoms with van der Waals surface area (Å²) in [4.78, 5) is 11.4. The molecule has 0 bridgehead atoms. The standard InChI is InChI=1S/C15H11F3O3/c1-20-14(19)12-4-2-3-11(9-12)10-5-7-13(8-6-10)21-15(16,17)18/h2-9H,1H3. The molecule has 0 aliphatic heterocycles. The molecule has 0 heterocycles. The molecule has 2 aromatic carbocycles. The summed E-state index contributed by atoms with van der Waals surface area (Å²) in [6.45, 7) is 0. The Morgan fingerprint density at radius 1 is 1.00 bits per heavy atom. The molecular weight excluding hydrogens is 285 g/mol. The highest BCUT2D eigenvalue weighted by atomic mass is 19.4. The average Bonchev–Trinajstić information content (AvgIpc) is 2.45. The van der Waals surface area contributed by atoms with E-state index in [4.69, 9.17) is 0 Å². The van der Waals surface area contributed by atoms with E-state index in [0.29, 0.717) is 16.7 Å². The van der Waals surface area contributed by atoms with E-state index in [9.17, 15) is 18.0 Å². The summed E-state index contributed by atoms with van der Waals surface area (Å²) in [5.74, 6) is -0.774. The number of ether oxygens (including phenoxy) is 2. The first-order valence-corrected chi connectivity index (χ1v) is 5.93. The second-order valence-electron chi connectivity index (χ2n) is 4.14. The van der Waals surface area contributed by atoms with Gasteiger partial charge in [0.2, 0.25) is 0 Å². The van der Waals surface area contributed by atoms with Gasteiger partial charge in [-0.3, -0.25) is 0 Å². The van der Waals surface area contributed by atoms with Crippen molar-refractivity contribution in [1.82, 2.24) is 0 Å². The van der Waals surface area contributed by atoms with E-state index in [1.807, 2.05) is 0 Å². The lowest BCUT2D eigenvalue weighted by atomic mass is 10.0. The van der Waals surface area contributed by atoms with E-state index in [-0.39, 0.29) is 5.75 Å². The van der Waals surface area contributed by atoms with Gasteiger partial charge in [0, 0.05) is 0 Å². The Morgan fingerprint density at radius 2 is 1.67 bits per heavy atom. The Morgan fingerprint density at radius 3 is 2.24 bits per heavy atom. The van der Waals surface area contributed by atoms with Crippen LogP contribution in [0.25, 0.3) is 11.1 Å². The molecule has 0 aliphatic carbocycles. The summed E-state index contributed by atoms with van der Waals surface area (Å²) in [6, 6.07) is 12.0. The molecule has 0 N–H and O–H groups in total. The molecule has 0 aromatic heterocycles. The summed E-state index contributed by atoms with van der Waals surface area (Å²) < 4.78 is 44.6. The van der Waals surface area contributed by atoms with Crippen molar-refractivity contribution in [1.29, 1.82) is 0 Å². The van der Waals surface area contributed by atoms with Crippen LogP contribution in [-0.4, -0.2) is 19.4 Å². The van der Waals surface area contributed by atoms with Crippen LogP contribution in [0.3, 0.4) is 0 Å². The van der Waals surface area contributed by atoms with Crippen molar-refractivity contribution in [3.63, 3.8) is 0 Å². The molecular formula is C15H11F3O3. The fourth-order valence-corrected chi connectivity index (χ4v) is 1.79. The molecule has 110 valence electrons. The van der Waals surface area contributed by atoms with E-state index in [1.54, 1.807) is 24.3 Å². The maximum Gasteiger partial charge on any atom is 0.573 e. The highest BCUT2D eigenvalue weighted by molar-refractivity contribution is 5.90. The van der Waals surface area contributed by atoms with Crippen LogP contribution in [0.15, 0.2) is 48.5 Å². The molecule has 0 radical (unpaired) electrons. The third-order valence-electron chi connectivity index (χ3n) is 2.70. The highest BCUT2D eigenvalue weighted by Gasteiger charge is 2.30. The molecule has 0 aliphatic rings. The van der Waals surface area contributed by atoms with Crippen molar-refractivity contribution >= 4 is 5.97 Å². The number of hydrogen-bond donors (Lipinski definition) is 0.